The third kappa shape index (κ3) is 2.36. The van der Waals surface area contributed by atoms with Crippen LogP contribution in [0.5, 0.6) is 0 Å². The van der Waals surface area contributed by atoms with Crippen LogP contribution in [0, 0.1) is 0 Å². The van der Waals surface area contributed by atoms with Crippen molar-refractivity contribution in [3.05, 3.63) is 41.9 Å². The standard InChI is InChI=1S/C13H14N2O2/c1-3-15-9-8-12(14-17-10(2)16)11-6-4-5-7-13(11)15/h4-9H,3H2,1-2H3/b14-12+. The number of nitrogens with zero attached hydrogens (tertiary/aromatic N) is 2. The average molecular weight is 230 g/mol. The predicted octanol–water partition coefficient (Wildman–Crippen LogP) is 2.04. The first kappa shape index (κ1) is 11.4. The molecule has 0 saturated carbocycles. The van der Waals surface area contributed by atoms with Crippen molar-refractivity contribution in [1.82, 2.24) is 4.57 Å². The maximum atomic E-state index is 10.8. The smallest absolute Gasteiger partial charge is 0.332 e. The van der Waals surface area contributed by atoms with Crippen LogP contribution in [0.3, 0.4) is 0 Å². The molecule has 0 atom stereocenters. The van der Waals surface area contributed by atoms with Crippen molar-refractivity contribution < 1.29 is 9.63 Å². The van der Waals surface area contributed by atoms with E-state index in [1.165, 1.54) is 6.92 Å². The van der Waals surface area contributed by atoms with Crippen molar-refractivity contribution in [3.63, 3.8) is 0 Å². The van der Waals surface area contributed by atoms with Crippen LogP contribution in [0.1, 0.15) is 13.8 Å². The number of hydrogen-bond donors (Lipinski definition) is 0. The first-order valence-electron chi connectivity index (χ1n) is 5.52. The molecule has 17 heavy (non-hydrogen) atoms. The zero-order chi connectivity index (χ0) is 12.3. The van der Waals surface area contributed by atoms with E-state index in [0.29, 0.717) is 5.36 Å². The molecule has 0 aliphatic carbocycles. The van der Waals surface area contributed by atoms with Crippen molar-refractivity contribution in [3.8, 4) is 0 Å². The number of carbonyl (C=O) groups excluding carboxylic acids is 1. The van der Waals surface area contributed by atoms with Gasteiger partial charge < -0.3 is 9.40 Å². The number of rotatable bonds is 2. The lowest BCUT2D eigenvalue weighted by Gasteiger charge is -2.07. The minimum Gasteiger partial charge on any atom is -0.348 e. The van der Waals surface area contributed by atoms with Gasteiger partial charge in [0.2, 0.25) is 0 Å². The van der Waals surface area contributed by atoms with Gasteiger partial charge in [-0.05, 0) is 19.1 Å². The van der Waals surface area contributed by atoms with E-state index in [-0.39, 0.29) is 0 Å². The first-order valence-corrected chi connectivity index (χ1v) is 5.52. The highest BCUT2D eigenvalue weighted by Gasteiger charge is 1.99. The monoisotopic (exact) mass is 230 g/mol. The number of carbonyl (C=O) groups is 1. The molecule has 0 unspecified atom stereocenters. The molecule has 4 nitrogen and oxygen atoms in total. The second-order valence-corrected chi connectivity index (χ2v) is 3.68. The molecule has 1 aromatic carbocycles. The van der Waals surface area contributed by atoms with Crippen LogP contribution in [-0.2, 0) is 16.2 Å². The molecular weight excluding hydrogens is 216 g/mol. The van der Waals surface area contributed by atoms with E-state index in [1.54, 1.807) is 0 Å². The number of fused-ring (bicyclic) bond motifs is 1. The molecule has 0 saturated heterocycles. The molecule has 0 spiro atoms. The summed E-state index contributed by atoms with van der Waals surface area (Å²) in [6.45, 7) is 4.30. The van der Waals surface area contributed by atoms with E-state index in [0.717, 1.165) is 17.4 Å². The van der Waals surface area contributed by atoms with Gasteiger partial charge in [-0.2, -0.15) is 0 Å². The van der Waals surface area contributed by atoms with Crippen LogP contribution >= 0.6 is 0 Å². The van der Waals surface area contributed by atoms with E-state index in [9.17, 15) is 4.79 Å². The highest BCUT2D eigenvalue weighted by Crippen LogP contribution is 2.09. The molecule has 2 aromatic rings. The van der Waals surface area contributed by atoms with Gasteiger partial charge in [0.25, 0.3) is 0 Å². The van der Waals surface area contributed by atoms with Gasteiger partial charge in [0, 0.05) is 25.1 Å². The SMILES string of the molecule is CCn1cc/c(=N\OC(C)=O)c2ccccc21. The van der Waals surface area contributed by atoms with E-state index < -0.39 is 5.97 Å². The van der Waals surface area contributed by atoms with Crippen molar-refractivity contribution in [2.75, 3.05) is 0 Å². The molecule has 4 heteroatoms. The Morgan fingerprint density at radius 2 is 2.12 bits per heavy atom. The second kappa shape index (κ2) is 4.82. The summed E-state index contributed by atoms with van der Waals surface area (Å²) in [5.74, 6) is -0.415. The number of para-hydroxylation sites is 1. The zero-order valence-electron chi connectivity index (χ0n) is 9.88. The molecule has 0 fully saturated rings. The van der Waals surface area contributed by atoms with Crippen LogP contribution in [0.25, 0.3) is 10.9 Å². The molecule has 2 rings (SSSR count). The number of benzene rings is 1. The molecule has 0 radical (unpaired) electrons. The van der Waals surface area contributed by atoms with Crippen LogP contribution in [-0.4, -0.2) is 10.5 Å². The summed E-state index contributed by atoms with van der Waals surface area (Å²) in [5, 5.41) is 5.48. The Hall–Kier alpha value is -2.10. The zero-order valence-corrected chi connectivity index (χ0v) is 9.88. The molecule has 0 N–H and O–H groups in total. The van der Waals surface area contributed by atoms with Gasteiger partial charge in [-0.25, -0.2) is 4.79 Å². The van der Waals surface area contributed by atoms with Crippen molar-refractivity contribution in [2.24, 2.45) is 5.16 Å². The van der Waals surface area contributed by atoms with Crippen LogP contribution < -0.4 is 5.36 Å². The normalized spacial score (nSPS) is 11.8. The lowest BCUT2D eigenvalue weighted by atomic mass is 10.2. The third-order valence-corrected chi connectivity index (χ3v) is 2.52. The van der Waals surface area contributed by atoms with Gasteiger partial charge in [0.15, 0.2) is 0 Å². The molecule has 0 aliphatic rings. The summed E-state index contributed by atoms with van der Waals surface area (Å²) in [4.78, 5) is 15.4. The van der Waals surface area contributed by atoms with Gasteiger partial charge >= 0.3 is 5.97 Å². The Morgan fingerprint density at radius 3 is 2.82 bits per heavy atom. The van der Waals surface area contributed by atoms with Gasteiger partial charge in [-0.15, -0.1) is 0 Å². The summed E-state index contributed by atoms with van der Waals surface area (Å²) < 4.78 is 2.11. The maximum absolute atomic E-state index is 10.8. The minimum atomic E-state index is -0.415. The topological polar surface area (TPSA) is 43.6 Å². The Morgan fingerprint density at radius 1 is 1.35 bits per heavy atom. The summed E-state index contributed by atoms with van der Waals surface area (Å²) in [6, 6.07) is 9.74. The molecule has 1 aromatic heterocycles. The van der Waals surface area contributed by atoms with E-state index in [2.05, 4.69) is 21.5 Å². The average Bonchev–Trinajstić information content (AvgIpc) is 2.35. The Kier molecular flexibility index (Phi) is 3.23. The Bertz CT molecular complexity index is 614. The first-order chi connectivity index (χ1) is 8.22. The van der Waals surface area contributed by atoms with E-state index in [1.807, 2.05) is 36.5 Å². The maximum Gasteiger partial charge on any atom is 0.332 e. The third-order valence-electron chi connectivity index (χ3n) is 2.52. The quantitative estimate of drug-likeness (QED) is 0.585. The lowest BCUT2D eigenvalue weighted by Crippen LogP contribution is -2.10. The van der Waals surface area contributed by atoms with Crippen LogP contribution in [0.4, 0.5) is 0 Å². The summed E-state index contributed by atoms with van der Waals surface area (Å²) in [7, 11) is 0. The molecular formula is C13H14N2O2. The molecule has 0 amide bonds. The fourth-order valence-corrected chi connectivity index (χ4v) is 1.74. The van der Waals surface area contributed by atoms with E-state index in [4.69, 9.17) is 0 Å². The Labute approximate surface area is 99.1 Å². The minimum absolute atomic E-state index is 0.415. The molecule has 0 bridgehead atoms. The van der Waals surface area contributed by atoms with E-state index >= 15 is 0 Å². The van der Waals surface area contributed by atoms with Gasteiger partial charge in [0.05, 0.1) is 5.52 Å². The van der Waals surface area contributed by atoms with Crippen LogP contribution in [0.15, 0.2) is 41.7 Å². The van der Waals surface area contributed by atoms with Crippen molar-refractivity contribution in [2.45, 2.75) is 20.4 Å². The highest BCUT2D eigenvalue weighted by molar-refractivity contribution is 5.78. The molecule has 88 valence electrons. The number of pyridine rings is 1. The fourth-order valence-electron chi connectivity index (χ4n) is 1.74. The largest absolute Gasteiger partial charge is 0.348 e. The van der Waals surface area contributed by atoms with Crippen molar-refractivity contribution >= 4 is 16.9 Å². The van der Waals surface area contributed by atoms with Gasteiger partial charge in [-0.1, -0.05) is 23.4 Å². The number of aromatic nitrogens is 1. The summed E-state index contributed by atoms with van der Waals surface area (Å²) in [6.07, 6.45) is 1.94. The predicted molar refractivity (Wildman–Crippen MR) is 64.9 cm³/mol. The number of hydrogen-bond acceptors (Lipinski definition) is 3. The summed E-state index contributed by atoms with van der Waals surface area (Å²) >= 11 is 0. The van der Waals surface area contributed by atoms with Gasteiger partial charge in [-0.3, -0.25) is 0 Å². The summed E-state index contributed by atoms with van der Waals surface area (Å²) in [5.41, 5.74) is 1.07. The van der Waals surface area contributed by atoms with Crippen LogP contribution in [0.2, 0.25) is 0 Å². The highest BCUT2D eigenvalue weighted by atomic mass is 16.7. The van der Waals surface area contributed by atoms with Gasteiger partial charge in [0.1, 0.15) is 5.36 Å². The molecule has 1 heterocycles. The van der Waals surface area contributed by atoms with Crippen molar-refractivity contribution in [1.29, 1.82) is 0 Å². The Balaban J connectivity index is 2.66. The second-order valence-electron chi connectivity index (χ2n) is 3.68. The molecule has 0 aliphatic heterocycles. The fraction of sp³-hybridized carbons (Fsp3) is 0.231. The lowest BCUT2D eigenvalue weighted by molar-refractivity contribution is -0.141. The number of aryl methyl sites for hydroxylation is 1.